The van der Waals surface area contributed by atoms with Crippen LogP contribution in [0.3, 0.4) is 0 Å². The topological polar surface area (TPSA) is 76.7 Å². The van der Waals surface area contributed by atoms with E-state index in [1.54, 1.807) is 13.0 Å². The summed E-state index contributed by atoms with van der Waals surface area (Å²) in [6, 6.07) is 9.36. The van der Waals surface area contributed by atoms with Crippen molar-refractivity contribution in [1.82, 2.24) is 10.9 Å². The summed E-state index contributed by atoms with van der Waals surface area (Å²) in [6.07, 6.45) is -0.786. The average molecular weight is 514 g/mol. The highest BCUT2D eigenvalue weighted by Crippen LogP contribution is 2.28. The summed E-state index contributed by atoms with van der Waals surface area (Å²) in [5.41, 5.74) is 7.56. The number of hydrazine groups is 1. The fourth-order valence-corrected chi connectivity index (χ4v) is 3.74. The third-order valence-electron chi connectivity index (χ3n) is 3.86. The molecule has 0 aliphatic carbocycles. The highest BCUT2D eigenvalue weighted by Gasteiger charge is 2.18. The van der Waals surface area contributed by atoms with Crippen LogP contribution >= 0.6 is 31.9 Å². The first-order chi connectivity index (χ1) is 13.2. The van der Waals surface area contributed by atoms with Crippen molar-refractivity contribution in [3.05, 3.63) is 56.0 Å². The molecule has 0 aliphatic heterocycles. The van der Waals surface area contributed by atoms with Gasteiger partial charge in [-0.05, 0) is 84.6 Å². The maximum Gasteiger partial charge on any atom is 0.279 e. The van der Waals surface area contributed by atoms with E-state index in [2.05, 4.69) is 42.7 Å². The van der Waals surface area contributed by atoms with Crippen molar-refractivity contribution >= 4 is 43.7 Å². The van der Waals surface area contributed by atoms with E-state index in [0.29, 0.717) is 11.5 Å². The summed E-state index contributed by atoms with van der Waals surface area (Å²) >= 11 is 6.81. The minimum atomic E-state index is -0.786. The van der Waals surface area contributed by atoms with E-state index in [0.717, 1.165) is 25.6 Å². The standard InChI is InChI=1S/C20H22Br2N2O4/c1-11-5-6-17(16(22)7-11)27-10-18(25)23-24-20(26)14(4)28-19-12(2)8-15(21)9-13(19)3/h5-9,14H,10H2,1-4H3,(H,23,25)(H,24,26). The van der Waals surface area contributed by atoms with Crippen LogP contribution in [0, 0.1) is 20.8 Å². The quantitative estimate of drug-likeness (QED) is 0.569. The van der Waals surface area contributed by atoms with Crippen molar-refractivity contribution in [2.45, 2.75) is 33.8 Å². The van der Waals surface area contributed by atoms with E-state index in [1.807, 2.05) is 45.0 Å². The lowest BCUT2D eigenvalue weighted by molar-refractivity contribution is -0.133. The van der Waals surface area contributed by atoms with Gasteiger partial charge in [0.05, 0.1) is 4.47 Å². The maximum atomic E-state index is 12.2. The first-order valence-electron chi connectivity index (χ1n) is 8.58. The molecule has 0 aliphatic rings. The van der Waals surface area contributed by atoms with Crippen LogP contribution in [-0.2, 0) is 9.59 Å². The average Bonchev–Trinajstić information content (AvgIpc) is 2.61. The zero-order valence-electron chi connectivity index (χ0n) is 16.1. The lowest BCUT2D eigenvalue weighted by Crippen LogP contribution is -2.48. The Hall–Kier alpha value is -2.06. The van der Waals surface area contributed by atoms with Gasteiger partial charge >= 0.3 is 0 Å². The van der Waals surface area contributed by atoms with Gasteiger partial charge in [-0.25, -0.2) is 0 Å². The summed E-state index contributed by atoms with van der Waals surface area (Å²) in [5, 5.41) is 0. The number of rotatable bonds is 6. The second-order valence-corrected chi connectivity index (χ2v) is 8.16. The number of benzene rings is 2. The Morgan fingerprint density at radius 2 is 1.68 bits per heavy atom. The molecule has 150 valence electrons. The molecule has 2 amide bonds. The fourth-order valence-electron chi connectivity index (χ4n) is 2.45. The second-order valence-electron chi connectivity index (χ2n) is 6.39. The number of carbonyl (C=O) groups is 2. The third kappa shape index (κ3) is 6.24. The molecule has 6 nitrogen and oxygen atoms in total. The molecule has 0 spiro atoms. The van der Waals surface area contributed by atoms with Crippen molar-refractivity contribution in [2.75, 3.05) is 6.61 Å². The van der Waals surface area contributed by atoms with Gasteiger partial charge in [-0.15, -0.1) is 0 Å². The van der Waals surface area contributed by atoms with Crippen LogP contribution in [0.15, 0.2) is 39.3 Å². The Labute approximate surface area is 181 Å². The fraction of sp³-hybridized carbons (Fsp3) is 0.300. The van der Waals surface area contributed by atoms with Gasteiger partial charge in [-0.3, -0.25) is 20.4 Å². The summed E-state index contributed by atoms with van der Waals surface area (Å²) in [4.78, 5) is 24.1. The molecule has 1 unspecified atom stereocenters. The highest BCUT2D eigenvalue weighted by molar-refractivity contribution is 9.10. The van der Waals surface area contributed by atoms with Gasteiger partial charge in [0.2, 0.25) is 0 Å². The van der Waals surface area contributed by atoms with Crippen LogP contribution in [0.5, 0.6) is 11.5 Å². The first-order valence-corrected chi connectivity index (χ1v) is 10.2. The number of amides is 2. The number of ether oxygens (including phenoxy) is 2. The summed E-state index contributed by atoms with van der Waals surface area (Å²) < 4.78 is 12.9. The highest BCUT2D eigenvalue weighted by atomic mass is 79.9. The molecule has 8 heteroatoms. The lowest BCUT2D eigenvalue weighted by atomic mass is 10.1. The van der Waals surface area contributed by atoms with E-state index in [-0.39, 0.29) is 6.61 Å². The molecule has 2 aromatic carbocycles. The van der Waals surface area contributed by atoms with Crippen LogP contribution in [-0.4, -0.2) is 24.5 Å². The summed E-state index contributed by atoms with van der Waals surface area (Å²) in [6.45, 7) is 7.14. The van der Waals surface area contributed by atoms with Gasteiger partial charge in [0.15, 0.2) is 12.7 Å². The second kappa shape index (κ2) is 9.93. The SMILES string of the molecule is Cc1ccc(OCC(=O)NNC(=O)C(C)Oc2c(C)cc(Br)cc2C)c(Br)c1. The van der Waals surface area contributed by atoms with E-state index < -0.39 is 17.9 Å². The zero-order chi connectivity index (χ0) is 20.8. The van der Waals surface area contributed by atoms with Crippen molar-refractivity contribution in [3.8, 4) is 11.5 Å². The minimum absolute atomic E-state index is 0.234. The zero-order valence-corrected chi connectivity index (χ0v) is 19.2. The van der Waals surface area contributed by atoms with Crippen molar-refractivity contribution in [3.63, 3.8) is 0 Å². The number of halogens is 2. The van der Waals surface area contributed by atoms with Gasteiger partial charge in [-0.1, -0.05) is 22.0 Å². The van der Waals surface area contributed by atoms with Crippen LogP contribution in [0.25, 0.3) is 0 Å². The van der Waals surface area contributed by atoms with Gasteiger partial charge in [-0.2, -0.15) is 0 Å². The molecule has 1 atom stereocenters. The molecule has 28 heavy (non-hydrogen) atoms. The van der Waals surface area contributed by atoms with Crippen LogP contribution in [0.4, 0.5) is 0 Å². The monoisotopic (exact) mass is 512 g/mol. The van der Waals surface area contributed by atoms with Gasteiger partial charge in [0.1, 0.15) is 11.5 Å². The molecular weight excluding hydrogens is 492 g/mol. The Morgan fingerprint density at radius 3 is 2.29 bits per heavy atom. The minimum Gasteiger partial charge on any atom is -0.483 e. The van der Waals surface area contributed by atoms with Crippen molar-refractivity contribution in [2.24, 2.45) is 0 Å². The number of hydrogen-bond donors (Lipinski definition) is 2. The van der Waals surface area contributed by atoms with E-state index in [4.69, 9.17) is 9.47 Å². The van der Waals surface area contributed by atoms with Crippen LogP contribution in [0.2, 0.25) is 0 Å². The van der Waals surface area contributed by atoms with Gasteiger partial charge < -0.3 is 9.47 Å². The molecule has 2 rings (SSSR count). The normalized spacial score (nSPS) is 11.5. The summed E-state index contributed by atoms with van der Waals surface area (Å²) in [7, 11) is 0. The summed E-state index contributed by atoms with van der Waals surface area (Å²) in [5.74, 6) is 0.241. The molecular formula is C20H22Br2N2O4. The van der Waals surface area contributed by atoms with E-state index in [1.165, 1.54) is 0 Å². The Balaban J connectivity index is 1.83. The van der Waals surface area contributed by atoms with Crippen LogP contribution in [0.1, 0.15) is 23.6 Å². The van der Waals surface area contributed by atoms with Crippen molar-refractivity contribution < 1.29 is 19.1 Å². The number of nitrogens with one attached hydrogen (secondary N) is 2. The van der Waals surface area contributed by atoms with E-state index in [9.17, 15) is 9.59 Å². The van der Waals surface area contributed by atoms with Crippen molar-refractivity contribution in [1.29, 1.82) is 0 Å². The maximum absolute atomic E-state index is 12.2. The Morgan fingerprint density at radius 1 is 1.04 bits per heavy atom. The van der Waals surface area contributed by atoms with Gasteiger partial charge in [0.25, 0.3) is 11.8 Å². The molecule has 2 N–H and O–H groups in total. The molecule has 0 saturated heterocycles. The third-order valence-corrected chi connectivity index (χ3v) is 4.94. The molecule has 0 aromatic heterocycles. The number of carbonyl (C=O) groups excluding carboxylic acids is 2. The van der Waals surface area contributed by atoms with Crippen LogP contribution < -0.4 is 20.3 Å². The molecule has 0 fully saturated rings. The first kappa shape index (κ1) is 22.2. The predicted octanol–water partition coefficient (Wildman–Crippen LogP) is 4.13. The lowest BCUT2D eigenvalue weighted by Gasteiger charge is -2.18. The predicted molar refractivity (Wildman–Crippen MR) is 114 cm³/mol. The number of aryl methyl sites for hydroxylation is 3. The Bertz CT molecular complexity index is 863. The van der Waals surface area contributed by atoms with Gasteiger partial charge in [0, 0.05) is 4.47 Å². The van der Waals surface area contributed by atoms with E-state index >= 15 is 0 Å². The molecule has 2 aromatic rings. The molecule has 0 radical (unpaired) electrons. The molecule has 0 saturated carbocycles. The smallest absolute Gasteiger partial charge is 0.279 e. The molecule has 0 heterocycles. The largest absolute Gasteiger partial charge is 0.483 e. The molecule has 0 bridgehead atoms. The number of hydrogen-bond acceptors (Lipinski definition) is 4. The Kier molecular flexibility index (Phi) is 7.88.